The second kappa shape index (κ2) is 9.26. The summed E-state index contributed by atoms with van der Waals surface area (Å²) >= 11 is 0. The van der Waals surface area contributed by atoms with Crippen molar-refractivity contribution >= 4 is 26.5 Å². The number of fused-ring (bicyclic) bond motifs is 1. The Balaban J connectivity index is 1.39. The highest BCUT2D eigenvalue weighted by Crippen LogP contribution is 2.32. The van der Waals surface area contributed by atoms with Crippen LogP contribution in [-0.2, 0) is 10.0 Å². The van der Waals surface area contributed by atoms with Gasteiger partial charge in [0.25, 0.3) is 0 Å². The Morgan fingerprint density at radius 2 is 1.74 bits per heavy atom. The van der Waals surface area contributed by atoms with Gasteiger partial charge in [-0.3, -0.25) is 4.98 Å². The van der Waals surface area contributed by atoms with Gasteiger partial charge < -0.3 is 5.32 Å². The fourth-order valence-corrected chi connectivity index (χ4v) is 5.95. The first kappa shape index (κ1) is 22.1. The summed E-state index contributed by atoms with van der Waals surface area (Å²) in [5.41, 5.74) is 3.58. The highest BCUT2D eigenvalue weighted by molar-refractivity contribution is 7.89. The number of sulfonamides is 1. The molecule has 0 atom stereocenters. The monoisotopic (exact) mass is 468 g/mol. The Hall–Kier alpha value is -3.73. The Morgan fingerprint density at radius 1 is 0.941 bits per heavy atom. The minimum Gasteiger partial charge on any atom is -0.382 e. The number of hydrogen-bond acceptors (Lipinski definition) is 5. The van der Waals surface area contributed by atoms with Crippen LogP contribution in [0.4, 0.5) is 5.69 Å². The van der Waals surface area contributed by atoms with Crippen LogP contribution in [0.1, 0.15) is 18.4 Å². The molecule has 0 radical (unpaired) electrons. The zero-order valence-corrected chi connectivity index (χ0v) is 19.4. The minimum absolute atomic E-state index is 0.145. The lowest BCUT2D eigenvalue weighted by Crippen LogP contribution is -2.42. The van der Waals surface area contributed by atoms with Crippen LogP contribution < -0.4 is 5.32 Å². The van der Waals surface area contributed by atoms with Gasteiger partial charge in [0.05, 0.1) is 16.5 Å². The predicted molar refractivity (Wildman–Crippen MR) is 134 cm³/mol. The molecular formula is C27H24N4O2S. The van der Waals surface area contributed by atoms with E-state index in [4.69, 9.17) is 0 Å². The standard InChI is InChI=1S/C27H24N4O2S/c28-18-20-5-4-6-21(15-20)23-16-22-9-12-29-19-26(22)27(17-23)30-24-10-13-31(14-11-24)34(32,33)25-7-2-1-3-8-25/h1-9,12,15-17,19,24,30H,10-11,13-14H2. The summed E-state index contributed by atoms with van der Waals surface area (Å²) < 4.78 is 27.5. The molecule has 34 heavy (non-hydrogen) atoms. The number of nitrogens with one attached hydrogen (secondary N) is 1. The second-order valence-electron chi connectivity index (χ2n) is 8.45. The van der Waals surface area contributed by atoms with Crippen molar-refractivity contribution in [3.8, 4) is 17.2 Å². The molecule has 0 spiro atoms. The van der Waals surface area contributed by atoms with E-state index in [1.165, 1.54) is 0 Å². The molecule has 0 saturated carbocycles. The average Bonchev–Trinajstić information content (AvgIpc) is 2.89. The second-order valence-corrected chi connectivity index (χ2v) is 10.4. The SMILES string of the molecule is N#Cc1cccc(-c2cc(NC3CCN(S(=O)(=O)c4ccccc4)CC3)c3cnccc3c2)c1. The summed E-state index contributed by atoms with van der Waals surface area (Å²) in [6.07, 6.45) is 5.04. The summed E-state index contributed by atoms with van der Waals surface area (Å²) in [4.78, 5) is 4.64. The topological polar surface area (TPSA) is 86.1 Å². The molecule has 3 aromatic carbocycles. The molecule has 1 aromatic heterocycles. The summed E-state index contributed by atoms with van der Waals surface area (Å²) in [7, 11) is -3.47. The maximum Gasteiger partial charge on any atom is 0.243 e. The van der Waals surface area contributed by atoms with E-state index < -0.39 is 10.0 Å². The number of hydrogen-bond donors (Lipinski definition) is 1. The van der Waals surface area contributed by atoms with E-state index >= 15 is 0 Å². The highest BCUT2D eigenvalue weighted by atomic mass is 32.2. The number of nitrogens with zero attached hydrogens (tertiary/aromatic N) is 3. The van der Waals surface area contributed by atoms with E-state index in [1.807, 2.05) is 36.5 Å². The van der Waals surface area contributed by atoms with Crippen LogP contribution in [0.15, 0.2) is 90.1 Å². The van der Waals surface area contributed by atoms with Gasteiger partial charge in [-0.15, -0.1) is 0 Å². The molecule has 0 aliphatic carbocycles. The Kier molecular flexibility index (Phi) is 6.01. The fourth-order valence-electron chi connectivity index (χ4n) is 4.45. The van der Waals surface area contributed by atoms with Gasteiger partial charge in [0, 0.05) is 42.6 Å². The van der Waals surface area contributed by atoms with Crippen LogP contribution >= 0.6 is 0 Å². The molecule has 1 fully saturated rings. The van der Waals surface area contributed by atoms with E-state index in [2.05, 4.69) is 28.5 Å². The van der Waals surface area contributed by atoms with Gasteiger partial charge in [0.15, 0.2) is 0 Å². The number of aromatic nitrogens is 1. The average molecular weight is 469 g/mol. The summed E-state index contributed by atoms with van der Waals surface area (Å²) in [6, 6.07) is 24.7. The molecule has 1 aliphatic heterocycles. The lowest BCUT2D eigenvalue weighted by Gasteiger charge is -2.32. The van der Waals surface area contributed by atoms with Crippen LogP contribution in [0.25, 0.3) is 21.9 Å². The van der Waals surface area contributed by atoms with Crippen molar-refractivity contribution in [3.63, 3.8) is 0 Å². The first-order valence-electron chi connectivity index (χ1n) is 11.2. The van der Waals surface area contributed by atoms with Crippen molar-refractivity contribution in [2.75, 3.05) is 18.4 Å². The lowest BCUT2D eigenvalue weighted by molar-refractivity contribution is 0.330. The van der Waals surface area contributed by atoms with Crippen LogP contribution in [-0.4, -0.2) is 36.8 Å². The summed E-state index contributed by atoms with van der Waals surface area (Å²) in [5, 5.41) is 15.0. The molecule has 7 heteroatoms. The molecule has 1 saturated heterocycles. The van der Waals surface area contributed by atoms with Crippen molar-refractivity contribution in [3.05, 3.63) is 90.8 Å². The highest BCUT2D eigenvalue weighted by Gasteiger charge is 2.29. The molecule has 0 bridgehead atoms. The molecule has 170 valence electrons. The van der Waals surface area contributed by atoms with Crippen molar-refractivity contribution in [1.82, 2.24) is 9.29 Å². The molecule has 6 nitrogen and oxygen atoms in total. The molecule has 1 N–H and O–H groups in total. The first-order chi connectivity index (χ1) is 16.5. The van der Waals surface area contributed by atoms with Gasteiger partial charge >= 0.3 is 0 Å². The number of anilines is 1. The smallest absolute Gasteiger partial charge is 0.243 e. The van der Waals surface area contributed by atoms with E-state index in [1.54, 1.807) is 40.8 Å². The van der Waals surface area contributed by atoms with E-state index in [9.17, 15) is 13.7 Å². The van der Waals surface area contributed by atoms with Gasteiger partial charge in [0.2, 0.25) is 10.0 Å². The number of rotatable bonds is 5. The van der Waals surface area contributed by atoms with Crippen molar-refractivity contribution < 1.29 is 8.42 Å². The van der Waals surface area contributed by atoms with Crippen molar-refractivity contribution in [1.29, 1.82) is 5.26 Å². The number of nitriles is 1. The molecule has 1 aliphatic rings. The number of piperidine rings is 1. The fraction of sp³-hybridized carbons (Fsp3) is 0.185. The van der Waals surface area contributed by atoms with Crippen LogP contribution in [0, 0.1) is 11.3 Å². The summed E-state index contributed by atoms with van der Waals surface area (Å²) in [5.74, 6) is 0. The van der Waals surface area contributed by atoms with Crippen molar-refractivity contribution in [2.45, 2.75) is 23.8 Å². The molecule has 0 amide bonds. The maximum atomic E-state index is 13.0. The van der Waals surface area contributed by atoms with Gasteiger partial charge in [-0.25, -0.2) is 8.42 Å². The molecule has 0 unspecified atom stereocenters. The number of benzene rings is 3. The Morgan fingerprint density at radius 3 is 2.50 bits per heavy atom. The van der Waals surface area contributed by atoms with Gasteiger partial charge in [-0.2, -0.15) is 9.57 Å². The van der Waals surface area contributed by atoms with Crippen LogP contribution in [0.5, 0.6) is 0 Å². The van der Waals surface area contributed by atoms with Gasteiger partial charge in [-0.1, -0.05) is 30.3 Å². The normalized spacial score (nSPS) is 15.1. The zero-order valence-electron chi connectivity index (χ0n) is 18.6. The van der Waals surface area contributed by atoms with Crippen molar-refractivity contribution in [2.24, 2.45) is 0 Å². The summed E-state index contributed by atoms with van der Waals surface area (Å²) in [6.45, 7) is 0.934. The third kappa shape index (κ3) is 4.38. The number of pyridine rings is 1. The third-order valence-electron chi connectivity index (χ3n) is 6.28. The van der Waals surface area contributed by atoms with Gasteiger partial charge in [-0.05, 0) is 71.8 Å². The molecular weight excluding hydrogens is 444 g/mol. The first-order valence-corrected chi connectivity index (χ1v) is 12.7. The molecule has 4 aromatic rings. The molecule has 5 rings (SSSR count). The van der Waals surface area contributed by atoms with Gasteiger partial charge in [0.1, 0.15) is 0 Å². The Labute approximate surface area is 199 Å². The zero-order chi connectivity index (χ0) is 23.5. The lowest BCUT2D eigenvalue weighted by atomic mass is 9.98. The quantitative estimate of drug-likeness (QED) is 0.444. The largest absolute Gasteiger partial charge is 0.382 e. The van der Waals surface area contributed by atoms with Crippen LogP contribution in [0.2, 0.25) is 0 Å². The van der Waals surface area contributed by atoms with E-state index in [-0.39, 0.29) is 6.04 Å². The third-order valence-corrected chi connectivity index (χ3v) is 8.19. The predicted octanol–water partition coefficient (Wildman–Crippen LogP) is 5.04. The maximum absolute atomic E-state index is 13.0. The van der Waals surface area contributed by atoms with Crippen LogP contribution in [0.3, 0.4) is 0 Å². The van der Waals surface area contributed by atoms with E-state index in [0.29, 0.717) is 36.4 Å². The minimum atomic E-state index is -3.47. The molecule has 2 heterocycles. The van der Waals surface area contributed by atoms with E-state index in [0.717, 1.165) is 27.6 Å². The Bertz CT molecular complexity index is 1470.